The van der Waals surface area contributed by atoms with E-state index in [1.807, 2.05) is 55.4 Å². The molecule has 6 heteroatoms. The van der Waals surface area contributed by atoms with Gasteiger partial charge in [-0.1, -0.05) is 103 Å². The number of pyridine rings is 3. The highest BCUT2D eigenvalue weighted by atomic mass is 16.3. The second kappa shape index (κ2) is 17.5. The number of aryl methyl sites for hydroxylation is 1. The van der Waals surface area contributed by atoms with Gasteiger partial charge in [-0.3, -0.25) is 15.0 Å². The Labute approximate surface area is 438 Å². The number of benzene rings is 9. The van der Waals surface area contributed by atoms with E-state index in [1.165, 1.54) is 38.2 Å². The quantitative estimate of drug-likeness (QED) is 0.152. The molecule has 0 fully saturated rings. The van der Waals surface area contributed by atoms with Crippen molar-refractivity contribution >= 4 is 65.6 Å². The zero-order valence-corrected chi connectivity index (χ0v) is 41.4. The van der Waals surface area contributed by atoms with E-state index in [0.717, 1.165) is 111 Å². The van der Waals surface area contributed by atoms with Crippen molar-refractivity contribution in [3.05, 3.63) is 261 Å². The minimum atomic E-state index is 0.847. The molecule has 356 valence electrons. The van der Waals surface area contributed by atoms with Gasteiger partial charge in [-0.05, 0) is 178 Å². The molecule has 6 nitrogen and oxygen atoms in total. The van der Waals surface area contributed by atoms with Gasteiger partial charge in [0, 0.05) is 97.6 Å². The lowest BCUT2D eigenvalue weighted by Crippen LogP contribution is -1.94. The highest BCUT2D eigenvalue weighted by Crippen LogP contribution is 2.42. The average Bonchev–Trinajstić information content (AvgIpc) is 4.15. The molecule has 76 heavy (non-hydrogen) atoms. The summed E-state index contributed by atoms with van der Waals surface area (Å²) in [6, 6.07) is 79.3. The second-order valence-corrected chi connectivity index (χ2v) is 19.8. The van der Waals surface area contributed by atoms with Gasteiger partial charge in [-0.25, -0.2) is 0 Å². The molecule has 9 aromatic carbocycles. The fraction of sp³-hybridized carbons (Fsp3) is 0.0143. The predicted molar refractivity (Wildman–Crippen MR) is 313 cm³/mol. The molecule has 15 rings (SSSR count). The Hall–Kier alpha value is -10.2. The lowest BCUT2D eigenvalue weighted by molar-refractivity contribution is 0.669. The van der Waals surface area contributed by atoms with Crippen molar-refractivity contribution in [3.8, 4) is 78.1 Å². The number of aromatic nitrogens is 5. The van der Waals surface area contributed by atoms with Gasteiger partial charge in [0.25, 0.3) is 0 Å². The molecule has 15 aromatic rings. The van der Waals surface area contributed by atoms with Gasteiger partial charge in [0.1, 0.15) is 11.2 Å². The van der Waals surface area contributed by atoms with Crippen molar-refractivity contribution in [3.63, 3.8) is 0 Å². The van der Waals surface area contributed by atoms with Crippen LogP contribution in [0.3, 0.4) is 0 Å². The average molecular weight is 972 g/mol. The van der Waals surface area contributed by atoms with Crippen LogP contribution < -0.4 is 0 Å². The summed E-state index contributed by atoms with van der Waals surface area (Å²) < 4.78 is 11.5. The van der Waals surface area contributed by atoms with Crippen molar-refractivity contribution < 1.29 is 4.42 Å². The molecule has 0 saturated carbocycles. The number of nitrogens with zero attached hydrogens (tertiary/aromatic N) is 5. The van der Waals surface area contributed by atoms with E-state index in [-0.39, 0.29) is 0 Å². The smallest absolute Gasteiger partial charge is 0.135 e. The fourth-order valence-corrected chi connectivity index (χ4v) is 11.5. The van der Waals surface area contributed by atoms with Crippen LogP contribution in [-0.2, 0) is 0 Å². The van der Waals surface area contributed by atoms with Crippen molar-refractivity contribution in [2.75, 3.05) is 0 Å². The van der Waals surface area contributed by atoms with Crippen LogP contribution in [0.5, 0.6) is 0 Å². The molecule has 0 bridgehead atoms. The number of hydrogen-bond donors (Lipinski definition) is 0. The van der Waals surface area contributed by atoms with Crippen LogP contribution in [0.25, 0.3) is 144 Å². The first-order valence-corrected chi connectivity index (χ1v) is 25.7. The second-order valence-electron chi connectivity index (χ2n) is 19.8. The largest absolute Gasteiger partial charge is 0.456 e. The number of fused-ring (bicyclic) bond motifs is 9. The maximum Gasteiger partial charge on any atom is 0.135 e. The summed E-state index contributed by atoms with van der Waals surface area (Å²) in [5.74, 6) is 0. The number of hydrogen-bond acceptors (Lipinski definition) is 4. The third-order valence-electron chi connectivity index (χ3n) is 15.2. The Morgan fingerprint density at radius 3 is 0.974 bits per heavy atom. The normalized spacial score (nSPS) is 11.8. The molecule has 0 aliphatic heterocycles. The molecule has 0 radical (unpaired) electrons. The molecular weight excluding hydrogens is 927 g/mol. The minimum Gasteiger partial charge on any atom is -0.456 e. The van der Waals surface area contributed by atoms with E-state index in [0.29, 0.717) is 0 Å². The van der Waals surface area contributed by atoms with Crippen LogP contribution >= 0.6 is 0 Å². The Kier molecular flexibility index (Phi) is 10.0. The van der Waals surface area contributed by atoms with Gasteiger partial charge < -0.3 is 13.6 Å². The molecular formula is C70H45N5O. The van der Waals surface area contributed by atoms with Gasteiger partial charge >= 0.3 is 0 Å². The molecule has 6 aromatic heterocycles. The standard InChI is InChI=1S/C70H45N5O/c1-44-17-23-65-59(32-44)60-36-51(45-8-2-11-48(33-45)54-14-5-29-71-41-54)18-24-66(60)74(65)57-21-27-69-63(39-57)64-40-58(22-28-70(64)76-69)75-67-25-19-52(46-9-3-12-49(34-46)55-15-6-30-72-42-55)37-61(67)62-38-53(20-26-68(62)75)47-10-4-13-50(35-47)56-16-7-31-73-43-56/h2-43H,1H3. The number of rotatable bonds is 8. The summed E-state index contributed by atoms with van der Waals surface area (Å²) in [4.78, 5) is 13.2. The van der Waals surface area contributed by atoms with Gasteiger partial charge in [-0.2, -0.15) is 0 Å². The lowest BCUT2D eigenvalue weighted by Gasteiger charge is -2.10. The zero-order valence-electron chi connectivity index (χ0n) is 41.4. The van der Waals surface area contributed by atoms with Crippen LogP contribution in [0.2, 0.25) is 0 Å². The Morgan fingerprint density at radius 1 is 0.276 bits per heavy atom. The van der Waals surface area contributed by atoms with E-state index in [4.69, 9.17) is 4.42 Å². The Morgan fingerprint density at radius 2 is 0.605 bits per heavy atom. The molecule has 6 heterocycles. The van der Waals surface area contributed by atoms with E-state index in [9.17, 15) is 0 Å². The van der Waals surface area contributed by atoms with Gasteiger partial charge in [-0.15, -0.1) is 0 Å². The minimum absolute atomic E-state index is 0.847. The van der Waals surface area contributed by atoms with Crippen molar-refractivity contribution in [2.45, 2.75) is 6.92 Å². The summed E-state index contributed by atoms with van der Waals surface area (Å²) in [5, 5.41) is 6.91. The van der Waals surface area contributed by atoms with E-state index >= 15 is 0 Å². The molecule has 0 spiro atoms. The van der Waals surface area contributed by atoms with Crippen LogP contribution in [0.4, 0.5) is 0 Å². The maximum absolute atomic E-state index is 6.65. The summed E-state index contributed by atoms with van der Waals surface area (Å²) in [6.45, 7) is 2.17. The number of furan rings is 1. The van der Waals surface area contributed by atoms with Crippen molar-refractivity contribution in [1.82, 2.24) is 24.1 Å². The summed E-state index contributed by atoms with van der Waals surface area (Å²) in [5.41, 5.74) is 23.3. The highest BCUT2D eigenvalue weighted by Gasteiger charge is 2.20. The third-order valence-corrected chi connectivity index (χ3v) is 15.2. The van der Waals surface area contributed by atoms with Crippen LogP contribution in [0.15, 0.2) is 260 Å². The van der Waals surface area contributed by atoms with E-state index < -0.39 is 0 Å². The molecule has 0 amide bonds. The predicted octanol–water partition coefficient (Wildman–Crippen LogP) is 18.3. The van der Waals surface area contributed by atoms with E-state index in [1.54, 1.807) is 0 Å². The molecule has 0 aliphatic rings. The monoisotopic (exact) mass is 971 g/mol. The first kappa shape index (κ1) is 43.4. The highest BCUT2D eigenvalue weighted by molar-refractivity contribution is 6.14. The van der Waals surface area contributed by atoms with Crippen molar-refractivity contribution in [2.24, 2.45) is 0 Å². The molecule has 0 aliphatic carbocycles. The summed E-state index contributed by atoms with van der Waals surface area (Å²) >= 11 is 0. The lowest BCUT2D eigenvalue weighted by atomic mass is 9.97. The first-order chi connectivity index (χ1) is 37.5. The molecule has 0 N–H and O–H groups in total. The van der Waals surface area contributed by atoms with Crippen LogP contribution in [0.1, 0.15) is 5.56 Å². The Bertz CT molecular complexity index is 4620. The topological polar surface area (TPSA) is 61.7 Å². The maximum atomic E-state index is 6.65. The SMILES string of the molecule is Cc1ccc2c(c1)c1cc(-c3cccc(-c4cccnc4)c3)ccc1n2-c1ccc2oc3ccc(-n4c5ccc(-c6cccc(-c7cccnc7)c6)cc5c5cc(-c6cccc(-c7cccnc7)c6)ccc54)cc3c2c1. The summed E-state index contributed by atoms with van der Waals surface area (Å²) in [7, 11) is 0. The molecule has 0 saturated heterocycles. The van der Waals surface area contributed by atoms with Crippen LogP contribution in [-0.4, -0.2) is 24.1 Å². The first-order valence-electron chi connectivity index (χ1n) is 25.7. The van der Waals surface area contributed by atoms with Gasteiger partial charge in [0.2, 0.25) is 0 Å². The third kappa shape index (κ3) is 7.30. The Balaban J connectivity index is 0.878. The van der Waals surface area contributed by atoms with Gasteiger partial charge in [0.15, 0.2) is 0 Å². The van der Waals surface area contributed by atoms with E-state index in [2.05, 4.69) is 231 Å². The molecule has 0 atom stereocenters. The molecule has 0 unspecified atom stereocenters. The van der Waals surface area contributed by atoms with Gasteiger partial charge in [0.05, 0.1) is 22.1 Å². The fourth-order valence-electron chi connectivity index (χ4n) is 11.5. The van der Waals surface area contributed by atoms with Crippen molar-refractivity contribution in [1.29, 1.82) is 0 Å². The summed E-state index contributed by atoms with van der Waals surface area (Å²) in [6.07, 6.45) is 11.2. The zero-order chi connectivity index (χ0) is 50.3. The van der Waals surface area contributed by atoms with Crippen LogP contribution in [0, 0.1) is 6.92 Å².